The van der Waals surface area contributed by atoms with Gasteiger partial charge in [-0.15, -0.1) is 0 Å². The second-order valence-corrected chi connectivity index (χ2v) is 4.45. The van der Waals surface area contributed by atoms with Crippen LogP contribution in [0.25, 0.3) is 0 Å². The maximum atomic E-state index is 13.0. The zero-order valence-electron chi connectivity index (χ0n) is 9.60. The number of likely N-dealkylation sites (tertiary alicyclic amines) is 1. The Kier molecular flexibility index (Phi) is 3.74. The molecular weight excluding hydrogens is 221 g/mol. The number of hydrogen-bond donors (Lipinski definition) is 1. The van der Waals surface area contributed by atoms with E-state index >= 15 is 0 Å². The van der Waals surface area contributed by atoms with Crippen molar-refractivity contribution in [3.8, 4) is 0 Å². The van der Waals surface area contributed by atoms with Gasteiger partial charge in [-0.3, -0.25) is 4.79 Å². The van der Waals surface area contributed by atoms with Crippen molar-refractivity contribution in [2.45, 2.75) is 12.8 Å². The van der Waals surface area contributed by atoms with Crippen molar-refractivity contribution >= 4 is 5.91 Å². The molecule has 1 atom stereocenters. The van der Waals surface area contributed by atoms with Crippen LogP contribution in [0, 0.1) is 11.7 Å². The Bertz CT molecular complexity index is 408. The molecule has 4 heteroatoms. The van der Waals surface area contributed by atoms with E-state index in [1.54, 1.807) is 11.0 Å². The summed E-state index contributed by atoms with van der Waals surface area (Å²) in [5.74, 6) is -0.393. The van der Waals surface area contributed by atoms with Crippen molar-refractivity contribution in [2.24, 2.45) is 5.92 Å². The lowest BCUT2D eigenvalue weighted by atomic mass is 9.98. The van der Waals surface area contributed by atoms with Crippen molar-refractivity contribution in [1.82, 2.24) is 4.90 Å². The predicted octanol–water partition coefficient (Wildman–Crippen LogP) is 1.67. The maximum absolute atomic E-state index is 13.0. The first-order valence-electron chi connectivity index (χ1n) is 5.86. The number of hydrogen-bond acceptors (Lipinski definition) is 2. The number of carbonyl (C=O) groups excluding carboxylic acids is 1. The van der Waals surface area contributed by atoms with Crippen LogP contribution in [0.2, 0.25) is 0 Å². The molecule has 0 bridgehead atoms. The van der Waals surface area contributed by atoms with Gasteiger partial charge in [0, 0.05) is 25.3 Å². The van der Waals surface area contributed by atoms with Gasteiger partial charge < -0.3 is 10.0 Å². The number of halogens is 1. The van der Waals surface area contributed by atoms with Gasteiger partial charge in [0.1, 0.15) is 5.82 Å². The Hall–Kier alpha value is -1.42. The molecule has 92 valence electrons. The van der Waals surface area contributed by atoms with Crippen LogP contribution in [0.15, 0.2) is 24.3 Å². The number of aliphatic hydroxyl groups excluding tert-OH is 1. The van der Waals surface area contributed by atoms with Crippen molar-refractivity contribution in [2.75, 3.05) is 19.7 Å². The highest BCUT2D eigenvalue weighted by atomic mass is 19.1. The molecule has 1 aromatic rings. The first kappa shape index (κ1) is 12.0. The van der Waals surface area contributed by atoms with Crippen LogP contribution in [0.4, 0.5) is 4.39 Å². The van der Waals surface area contributed by atoms with E-state index in [2.05, 4.69) is 0 Å². The molecule has 0 radical (unpaired) electrons. The molecule has 1 aliphatic rings. The topological polar surface area (TPSA) is 40.5 Å². The Balaban J connectivity index is 2.09. The summed E-state index contributed by atoms with van der Waals surface area (Å²) < 4.78 is 13.0. The minimum absolute atomic E-state index is 0.104. The summed E-state index contributed by atoms with van der Waals surface area (Å²) in [5.41, 5.74) is 0.378. The fourth-order valence-electron chi connectivity index (χ4n) is 2.20. The highest BCUT2D eigenvalue weighted by Gasteiger charge is 2.23. The zero-order valence-corrected chi connectivity index (χ0v) is 9.60. The van der Waals surface area contributed by atoms with Crippen LogP contribution in [-0.2, 0) is 0 Å². The number of benzene rings is 1. The van der Waals surface area contributed by atoms with Crippen LogP contribution in [-0.4, -0.2) is 35.6 Å². The van der Waals surface area contributed by atoms with Gasteiger partial charge in [0.15, 0.2) is 0 Å². The summed E-state index contributed by atoms with van der Waals surface area (Å²) in [4.78, 5) is 13.8. The summed E-state index contributed by atoms with van der Waals surface area (Å²) in [7, 11) is 0. The van der Waals surface area contributed by atoms with Crippen LogP contribution in [0.5, 0.6) is 0 Å². The molecule has 2 rings (SSSR count). The third-order valence-electron chi connectivity index (χ3n) is 3.14. The molecule has 3 nitrogen and oxygen atoms in total. The summed E-state index contributed by atoms with van der Waals surface area (Å²) >= 11 is 0. The lowest BCUT2D eigenvalue weighted by Crippen LogP contribution is -2.40. The van der Waals surface area contributed by atoms with E-state index in [-0.39, 0.29) is 18.4 Å². The molecule has 1 aromatic carbocycles. The monoisotopic (exact) mass is 237 g/mol. The molecule has 1 heterocycles. The Morgan fingerprint density at radius 2 is 2.35 bits per heavy atom. The molecule has 1 aliphatic heterocycles. The minimum Gasteiger partial charge on any atom is -0.396 e. The van der Waals surface area contributed by atoms with E-state index in [9.17, 15) is 9.18 Å². The molecule has 1 amide bonds. The van der Waals surface area contributed by atoms with E-state index in [4.69, 9.17) is 5.11 Å². The summed E-state index contributed by atoms with van der Waals surface area (Å²) in [6, 6.07) is 5.73. The second-order valence-electron chi connectivity index (χ2n) is 4.45. The molecule has 0 aliphatic carbocycles. The van der Waals surface area contributed by atoms with Gasteiger partial charge in [0.25, 0.3) is 5.91 Å². The Morgan fingerprint density at radius 1 is 1.53 bits per heavy atom. The van der Waals surface area contributed by atoms with Gasteiger partial charge in [-0.1, -0.05) is 6.07 Å². The van der Waals surface area contributed by atoms with Crippen molar-refractivity contribution in [1.29, 1.82) is 0 Å². The largest absolute Gasteiger partial charge is 0.396 e. The highest BCUT2D eigenvalue weighted by molar-refractivity contribution is 5.94. The van der Waals surface area contributed by atoms with E-state index in [1.165, 1.54) is 18.2 Å². The maximum Gasteiger partial charge on any atom is 0.253 e. The average Bonchev–Trinajstić information content (AvgIpc) is 2.38. The predicted molar refractivity (Wildman–Crippen MR) is 62.1 cm³/mol. The second kappa shape index (κ2) is 5.27. The normalized spacial score (nSPS) is 20.4. The fourth-order valence-corrected chi connectivity index (χ4v) is 2.20. The number of carbonyl (C=O) groups is 1. The van der Waals surface area contributed by atoms with Crippen molar-refractivity contribution < 1.29 is 14.3 Å². The Labute approximate surface area is 99.9 Å². The molecule has 1 fully saturated rings. The first-order chi connectivity index (χ1) is 8.20. The van der Waals surface area contributed by atoms with Gasteiger partial charge in [-0.25, -0.2) is 4.39 Å². The summed E-state index contributed by atoms with van der Waals surface area (Å²) in [5, 5.41) is 9.11. The number of piperidine rings is 1. The van der Waals surface area contributed by atoms with Gasteiger partial charge in [-0.2, -0.15) is 0 Å². The average molecular weight is 237 g/mol. The van der Waals surface area contributed by atoms with E-state index in [1.807, 2.05) is 0 Å². The fraction of sp³-hybridized carbons (Fsp3) is 0.462. The third-order valence-corrected chi connectivity index (χ3v) is 3.14. The minimum atomic E-state index is -0.397. The molecule has 1 N–H and O–H groups in total. The Morgan fingerprint density at radius 3 is 3.06 bits per heavy atom. The molecule has 0 spiro atoms. The van der Waals surface area contributed by atoms with E-state index in [0.717, 1.165) is 12.8 Å². The lowest BCUT2D eigenvalue weighted by Gasteiger charge is -2.31. The lowest BCUT2D eigenvalue weighted by molar-refractivity contribution is 0.0620. The number of aliphatic hydroxyl groups is 1. The smallest absolute Gasteiger partial charge is 0.253 e. The van der Waals surface area contributed by atoms with Crippen molar-refractivity contribution in [3.05, 3.63) is 35.6 Å². The number of nitrogens with zero attached hydrogens (tertiary/aromatic N) is 1. The zero-order chi connectivity index (χ0) is 12.3. The van der Waals surface area contributed by atoms with Gasteiger partial charge in [0.2, 0.25) is 0 Å². The standard InChI is InChI=1S/C13H16FNO2/c14-12-5-1-4-11(7-12)13(17)15-6-2-3-10(8-15)9-16/h1,4-5,7,10,16H,2-3,6,8-9H2/t10-/m1/s1. The highest BCUT2D eigenvalue weighted by Crippen LogP contribution is 2.18. The van der Waals surface area contributed by atoms with Crippen molar-refractivity contribution in [3.63, 3.8) is 0 Å². The molecule has 0 unspecified atom stereocenters. The van der Waals surface area contributed by atoms with E-state index < -0.39 is 5.82 Å². The number of amides is 1. The molecule has 1 saturated heterocycles. The SMILES string of the molecule is O=C(c1cccc(F)c1)N1CCC[C@@H](CO)C1. The van der Waals surface area contributed by atoms with Crippen LogP contribution in [0.1, 0.15) is 23.2 Å². The van der Waals surface area contributed by atoms with Gasteiger partial charge in [-0.05, 0) is 37.0 Å². The third kappa shape index (κ3) is 2.82. The van der Waals surface area contributed by atoms with Crippen LogP contribution >= 0.6 is 0 Å². The molecular formula is C13H16FNO2. The van der Waals surface area contributed by atoms with Crippen LogP contribution in [0.3, 0.4) is 0 Å². The summed E-state index contributed by atoms with van der Waals surface area (Å²) in [6.07, 6.45) is 1.84. The first-order valence-corrected chi connectivity index (χ1v) is 5.86. The van der Waals surface area contributed by atoms with Gasteiger partial charge in [0.05, 0.1) is 0 Å². The van der Waals surface area contributed by atoms with Gasteiger partial charge >= 0.3 is 0 Å². The number of rotatable bonds is 2. The van der Waals surface area contributed by atoms with E-state index in [0.29, 0.717) is 18.7 Å². The quantitative estimate of drug-likeness (QED) is 0.850. The summed E-state index contributed by atoms with van der Waals surface area (Å²) in [6.45, 7) is 1.35. The molecule has 17 heavy (non-hydrogen) atoms. The molecule has 0 saturated carbocycles. The molecule has 0 aromatic heterocycles. The van der Waals surface area contributed by atoms with Crippen LogP contribution < -0.4 is 0 Å².